The quantitative estimate of drug-likeness (QED) is 0.608. The van der Waals surface area contributed by atoms with Crippen molar-refractivity contribution < 1.29 is 14.3 Å². The SMILES string of the molecule is CC(C)(C)n1nc(C(=O)Oc2ccc(N3CCCC3=O)cc2)cc1C1CC1. The van der Waals surface area contributed by atoms with Gasteiger partial charge in [-0.05, 0) is 70.4 Å². The van der Waals surface area contributed by atoms with Gasteiger partial charge < -0.3 is 9.64 Å². The Labute approximate surface area is 159 Å². The maximum Gasteiger partial charge on any atom is 0.364 e. The third kappa shape index (κ3) is 3.61. The Morgan fingerprint density at radius 3 is 2.44 bits per heavy atom. The fourth-order valence-electron chi connectivity index (χ4n) is 3.48. The second kappa shape index (κ2) is 6.51. The zero-order valence-electron chi connectivity index (χ0n) is 16.1. The van der Waals surface area contributed by atoms with E-state index in [0.29, 0.717) is 23.8 Å². The van der Waals surface area contributed by atoms with E-state index in [1.54, 1.807) is 17.0 Å². The monoisotopic (exact) mass is 367 g/mol. The molecule has 0 bridgehead atoms. The van der Waals surface area contributed by atoms with E-state index in [-0.39, 0.29) is 11.4 Å². The van der Waals surface area contributed by atoms with Gasteiger partial charge in [-0.15, -0.1) is 0 Å². The molecule has 0 unspecified atom stereocenters. The molecule has 2 heterocycles. The fourth-order valence-corrected chi connectivity index (χ4v) is 3.48. The van der Waals surface area contributed by atoms with E-state index in [2.05, 4.69) is 25.9 Å². The van der Waals surface area contributed by atoms with Crippen LogP contribution in [-0.4, -0.2) is 28.2 Å². The average Bonchev–Trinajstić information content (AvgIpc) is 3.20. The van der Waals surface area contributed by atoms with Crippen molar-refractivity contribution in [3.8, 4) is 5.75 Å². The van der Waals surface area contributed by atoms with Crippen molar-refractivity contribution in [2.24, 2.45) is 0 Å². The summed E-state index contributed by atoms with van der Waals surface area (Å²) in [7, 11) is 0. The van der Waals surface area contributed by atoms with Crippen LogP contribution in [0.3, 0.4) is 0 Å². The highest BCUT2D eigenvalue weighted by Gasteiger charge is 2.33. The van der Waals surface area contributed by atoms with E-state index < -0.39 is 5.97 Å². The summed E-state index contributed by atoms with van der Waals surface area (Å²) >= 11 is 0. The van der Waals surface area contributed by atoms with Gasteiger partial charge in [-0.3, -0.25) is 9.48 Å². The molecular formula is C21H25N3O3. The number of benzene rings is 1. The Kier molecular flexibility index (Phi) is 4.29. The number of esters is 1. The van der Waals surface area contributed by atoms with E-state index in [4.69, 9.17) is 4.74 Å². The van der Waals surface area contributed by atoms with Crippen molar-refractivity contribution in [2.75, 3.05) is 11.4 Å². The minimum absolute atomic E-state index is 0.139. The molecule has 0 N–H and O–H groups in total. The number of hydrogen-bond donors (Lipinski definition) is 0. The fraction of sp³-hybridized carbons (Fsp3) is 0.476. The summed E-state index contributed by atoms with van der Waals surface area (Å²) in [5, 5.41) is 4.52. The summed E-state index contributed by atoms with van der Waals surface area (Å²) in [6, 6.07) is 8.94. The Balaban J connectivity index is 1.50. The summed E-state index contributed by atoms with van der Waals surface area (Å²) in [6.07, 6.45) is 3.77. The highest BCUT2D eigenvalue weighted by atomic mass is 16.5. The normalized spacial score (nSPS) is 17.4. The highest BCUT2D eigenvalue weighted by Crippen LogP contribution is 2.41. The lowest BCUT2D eigenvalue weighted by Crippen LogP contribution is -2.25. The van der Waals surface area contributed by atoms with E-state index in [0.717, 1.165) is 37.2 Å². The van der Waals surface area contributed by atoms with Crippen LogP contribution in [-0.2, 0) is 10.3 Å². The Morgan fingerprint density at radius 1 is 1.19 bits per heavy atom. The molecule has 1 aliphatic heterocycles. The maximum atomic E-state index is 12.6. The standard InChI is InChI=1S/C21H25N3O3/c1-21(2,3)24-18(14-6-7-14)13-17(22-24)20(26)27-16-10-8-15(9-11-16)23-12-4-5-19(23)25/h8-11,13-14H,4-7,12H2,1-3H3. The first-order valence-electron chi connectivity index (χ1n) is 9.56. The van der Waals surface area contributed by atoms with Gasteiger partial charge in [0.15, 0.2) is 5.69 Å². The Hall–Kier alpha value is -2.63. The number of carbonyl (C=O) groups is 2. The molecule has 4 rings (SSSR count). The highest BCUT2D eigenvalue weighted by molar-refractivity contribution is 5.95. The molecule has 1 saturated carbocycles. The van der Waals surface area contributed by atoms with Gasteiger partial charge in [0.05, 0.1) is 5.54 Å². The average molecular weight is 367 g/mol. The minimum Gasteiger partial charge on any atom is -0.422 e. The zero-order chi connectivity index (χ0) is 19.2. The van der Waals surface area contributed by atoms with Gasteiger partial charge in [0.1, 0.15) is 5.75 Å². The molecule has 142 valence electrons. The van der Waals surface area contributed by atoms with Crippen molar-refractivity contribution >= 4 is 17.6 Å². The van der Waals surface area contributed by atoms with E-state index in [1.807, 2.05) is 22.9 Å². The molecule has 2 aliphatic rings. The van der Waals surface area contributed by atoms with E-state index in [1.165, 1.54) is 0 Å². The van der Waals surface area contributed by atoms with Crippen molar-refractivity contribution in [2.45, 2.75) is 57.9 Å². The Morgan fingerprint density at radius 2 is 1.89 bits per heavy atom. The van der Waals surface area contributed by atoms with Crippen LogP contribution >= 0.6 is 0 Å². The van der Waals surface area contributed by atoms with Crippen LogP contribution in [0.5, 0.6) is 5.75 Å². The van der Waals surface area contributed by atoms with Crippen LogP contribution in [0, 0.1) is 0 Å². The molecular weight excluding hydrogens is 342 g/mol. The number of hydrogen-bond acceptors (Lipinski definition) is 4. The molecule has 2 fully saturated rings. The van der Waals surface area contributed by atoms with E-state index in [9.17, 15) is 9.59 Å². The smallest absolute Gasteiger partial charge is 0.364 e. The maximum absolute atomic E-state index is 12.6. The summed E-state index contributed by atoms with van der Waals surface area (Å²) in [4.78, 5) is 26.2. The second-order valence-corrected chi connectivity index (χ2v) is 8.34. The number of ether oxygens (including phenoxy) is 1. The molecule has 0 radical (unpaired) electrons. The van der Waals surface area contributed by atoms with Gasteiger partial charge in [0.2, 0.25) is 5.91 Å². The predicted octanol–water partition coefficient (Wildman–Crippen LogP) is 3.86. The molecule has 1 saturated heterocycles. The third-order valence-electron chi connectivity index (χ3n) is 5.01. The summed E-state index contributed by atoms with van der Waals surface area (Å²) in [6.45, 7) is 6.99. The molecule has 27 heavy (non-hydrogen) atoms. The number of rotatable bonds is 4. The lowest BCUT2D eigenvalue weighted by Gasteiger charge is -2.22. The molecule has 2 aromatic rings. The van der Waals surface area contributed by atoms with Gasteiger partial charge in [0, 0.05) is 30.3 Å². The van der Waals surface area contributed by atoms with Crippen molar-refractivity contribution in [1.82, 2.24) is 9.78 Å². The zero-order valence-corrected chi connectivity index (χ0v) is 16.1. The van der Waals surface area contributed by atoms with Crippen LogP contribution in [0.4, 0.5) is 5.69 Å². The van der Waals surface area contributed by atoms with Crippen LogP contribution in [0.2, 0.25) is 0 Å². The van der Waals surface area contributed by atoms with Crippen LogP contribution in [0.1, 0.15) is 68.6 Å². The number of amides is 1. The van der Waals surface area contributed by atoms with Gasteiger partial charge in [0.25, 0.3) is 0 Å². The second-order valence-electron chi connectivity index (χ2n) is 8.34. The first-order chi connectivity index (χ1) is 12.8. The molecule has 1 aromatic carbocycles. The Bertz CT molecular complexity index is 873. The topological polar surface area (TPSA) is 64.4 Å². The largest absolute Gasteiger partial charge is 0.422 e. The van der Waals surface area contributed by atoms with Gasteiger partial charge in [-0.1, -0.05) is 0 Å². The van der Waals surface area contributed by atoms with Crippen LogP contribution in [0.15, 0.2) is 30.3 Å². The molecule has 6 heteroatoms. The number of aromatic nitrogens is 2. The summed E-state index contributed by atoms with van der Waals surface area (Å²) < 4.78 is 7.46. The molecule has 0 atom stereocenters. The van der Waals surface area contributed by atoms with Crippen LogP contribution < -0.4 is 9.64 Å². The van der Waals surface area contributed by atoms with E-state index >= 15 is 0 Å². The number of nitrogens with zero attached hydrogens (tertiary/aromatic N) is 3. The molecule has 1 aromatic heterocycles. The summed E-state index contributed by atoms with van der Waals surface area (Å²) in [5.74, 6) is 0.634. The van der Waals surface area contributed by atoms with Gasteiger partial charge in [-0.25, -0.2) is 4.79 Å². The lowest BCUT2D eigenvalue weighted by molar-refractivity contribution is -0.117. The van der Waals surface area contributed by atoms with Gasteiger partial charge in [-0.2, -0.15) is 5.10 Å². The summed E-state index contributed by atoms with van der Waals surface area (Å²) in [5.41, 5.74) is 2.11. The molecule has 6 nitrogen and oxygen atoms in total. The first-order valence-corrected chi connectivity index (χ1v) is 9.56. The third-order valence-corrected chi connectivity index (χ3v) is 5.01. The first kappa shape index (κ1) is 17.8. The van der Waals surface area contributed by atoms with Crippen molar-refractivity contribution in [1.29, 1.82) is 0 Å². The number of anilines is 1. The molecule has 1 aliphatic carbocycles. The minimum atomic E-state index is -0.454. The van der Waals surface area contributed by atoms with Crippen molar-refractivity contribution in [3.63, 3.8) is 0 Å². The molecule has 0 spiro atoms. The molecule has 1 amide bonds. The van der Waals surface area contributed by atoms with Gasteiger partial charge >= 0.3 is 5.97 Å². The number of carbonyl (C=O) groups excluding carboxylic acids is 2. The van der Waals surface area contributed by atoms with Crippen LogP contribution in [0.25, 0.3) is 0 Å². The van der Waals surface area contributed by atoms with Crippen molar-refractivity contribution in [3.05, 3.63) is 41.7 Å². The lowest BCUT2D eigenvalue weighted by atomic mass is 10.1. The predicted molar refractivity (Wildman–Crippen MR) is 102 cm³/mol.